The van der Waals surface area contributed by atoms with Gasteiger partial charge in [-0.2, -0.15) is 0 Å². The first-order chi connectivity index (χ1) is 7.36. The molecular weight excluding hydrogens is 220 g/mol. The Labute approximate surface area is 103 Å². The van der Waals surface area contributed by atoms with E-state index < -0.39 is 0 Å². The second-order valence-electron chi connectivity index (χ2n) is 3.92. The third-order valence-electron chi connectivity index (χ3n) is 2.65. The molecule has 1 aromatic carbocycles. The van der Waals surface area contributed by atoms with Gasteiger partial charge in [0.1, 0.15) is 5.82 Å². The second-order valence-corrected chi connectivity index (χ2v) is 3.92. The van der Waals surface area contributed by atoms with E-state index >= 15 is 0 Å². The Morgan fingerprint density at radius 1 is 1.12 bits per heavy atom. The number of benzene rings is 1. The van der Waals surface area contributed by atoms with Crippen molar-refractivity contribution < 1.29 is 0 Å². The van der Waals surface area contributed by atoms with E-state index in [4.69, 9.17) is 0 Å². The Balaban J connectivity index is 0.00000128. The predicted molar refractivity (Wildman–Crippen MR) is 71.3 cm³/mol. The number of halogens is 1. The van der Waals surface area contributed by atoms with Crippen LogP contribution in [0.15, 0.2) is 24.3 Å². The van der Waals surface area contributed by atoms with Crippen LogP contribution in [0.25, 0.3) is 11.0 Å². The van der Waals surface area contributed by atoms with Gasteiger partial charge in [-0.15, -0.1) is 12.4 Å². The molecule has 0 radical (unpaired) electrons. The van der Waals surface area contributed by atoms with E-state index in [-0.39, 0.29) is 12.4 Å². The molecule has 3 heteroatoms. The number of para-hydroxylation sites is 2. The first-order valence-corrected chi connectivity index (χ1v) is 5.81. The maximum Gasteiger partial charge on any atom is 0.109 e. The van der Waals surface area contributed by atoms with Gasteiger partial charge in [0.05, 0.1) is 11.0 Å². The number of rotatable bonds is 4. The average Bonchev–Trinajstić information content (AvgIpc) is 2.59. The molecule has 0 fully saturated rings. The molecule has 0 spiro atoms. The Hall–Kier alpha value is -1.02. The van der Waals surface area contributed by atoms with E-state index in [1.807, 2.05) is 0 Å². The summed E-state index contributed by atoms with van der Waals surface area (Å²) in [4.78, 5) is 4.68. The first kappa shape index (κ1) is 13.0. The largest absolute Gasteiger partial charge is 0.328 e. The lowest BCUT2D eigenvalue weighted by Crippen LogP contribution is -2.02. The van der Waals surface area contributed by atoms with Gasteiger partial charge < -0.3 is 4.57 Å². The number of imidazole rings is 1. The minimum Gasteiger partial charge on any atom is -0.328 e. The van der Waals surface area contributed by atoms with Crippen LogP contribution in [0.2, 0.25) is 0 Å². The highest BCUT2D eigenvalue weighted by molar-refractivity contribution is 5.85. The van der Waals surface area contributed by atoms with E-state index in [1.54, 1.807) is 0 Å². The Bertz CT molecular complexity index is 448. The molecule has 2 nitrogen and oxygen atoms in total. The normalized spacial score (nSPS) is 10.4. The number of aromatic nitrogens is 2. The lowest BCUT2D eigenvalue weighted by molar-refractivity contribution is 0.646. The second kappa shape index (κ2) is 5.90. The highest BCUT2D eigenvalue weighted by atomic mass is 35.5. The van der Waals surface area contributed by atoms with Gasteiger partial charge in [0.25, 0.3) is 0 Å². The minimum atomic E-state index is 0. The highest BCUT2D eigenvalue weighted by Crippen LogP contribution is 2.17. The molecule has 0 aliphatic rings. The smallest absolute Gasteiger partial charge is 0.109 e. The third-order valence-corrected chi connectivity index (χ3v) is 2.65. The molecule has 88 valence electrons. The highest BCUT2D eigenvalue weighted by Gasteiger charge is 2.07. The van der Waals surface area contributed by atoms with Gasteiger partial charge in [0.15, 0.2) is 0 Å². The van der Waals surface area contributed by atoms with Crippen molar-refractivity contribution in [1.29, 1.82) is 0 Å². The van der Waals surface area contributed by atoms with Crippen molar-refractivity contribution in [3.8, 4) is 0 Å². The number of hydrogen-bond donors (Lipinski definition) is 0. The van der Waals surface area contributed by atoms with Crippen molar-refractivity contribution in [2.24, 2.45) is 0 Å². The average molecular weight is 239 g/mol. The van der Waals surface area contributed by atoms with Crippen molar-refractivity contribution in [3.63, 3.8) is 0 Å². The molecular formula is C13H19ClN2. The van der Waals surface area contributed by atoms with Crippen LogP contribution in [0.4, 0.5) is 0 Å². The van der Waals surface area contributed by atoms with Crippen molar-refractivity contribution in [1.82, 2.24) is 9.55 Å². The van der Waals surface area contributed by atoms with Crippen molar-refractivity contribution in [3.05, 3.63) is 30.1 Å². The number of fused-ring (bicyclic) bond motifs is 1. The SMILES string of the molecule is CCCc1nc2ccccc2n1CCC.Cl. The van der Waals surface area contributed by atoms with Gasteiger partial charge in [-0.3, -0.25) is 0 Å². The summed E-state index contributed by atoms with van der Waals surface area (Å²) >= 11 is 0. The van der Waals surface area contributed by atoms with Crippen LogP contribution in [0.5, 0.6) is 0 Å². The van der Waals surface area contributed by atoms with Crippen LogP contribution in [-0.4, -0.2) is 9.55 Å². The molecule has 1 heterocycles. The van der Waals surface area contributed by atoms with Crippen molar-refractivity contribution in [2.75, 3.05) is 0 Å². The summed E-state index contributed by atoms with van der Waals surface area (Å²) in [5.41, 5.74) is 2.41. The third kappa shape index (κ3) is 2.38. The number of aryl methyl sites for hydroxylation is 2. The maximum atomic E-state index is 4.68. The van der Waals surface area contributed by atoms with Gasteiger partial charge in [-0.05, 0) is 25.0 Å². The molecule has 0 aliphatic heterocycles. The molecule has 0 aliphatic carbocycles. The van der Waals surface area contributed by atoms with Crippen LogP contribution in [-0.2, 0) is 13.0 Å². The topological polar surface area (TPSA) is 17.8 Å². The zero-order valence-corrected chi connectivity index (χ0v) is 10.8. The van der Waals surface area contributed by atoms with Gasteiger partial charge >= 0.3 is 0 Å². The Morgan fingerprint density at radius 3 is 2.56 bits per heavy atom. The summed E-state index contributed by atoms with van der Waals surface area (Å²) in [6.07, 6.45) is 3.40. The molecule has 0 saturated carbocycles. The maximum absolute atomic E-state index is 4.68. The Kier molecular flexibility index (Phi) is 4.81. The molecule has 0 amide bonds. The molecule has 0 saturated heterocycles. The lowest BCUT2D eigenvalue weighted by atomic mass is 10.3. The monoisotopic (exact) mass is 238 g/mol. The standard InChI is InChI=1S/C13H18N2.ClH/c1-3-7-13-14-11-8-5-6-9-12(11)15(13)10-4-2;/h5-6,8-9H,3-4,7,10H2,1-2H3;1H. The van der Waals surface area contributed by atoms with Crippen LogP contribution >= 0.6 is 12.4 Å². The zero-order valence-electron chi connectivity index (χ0n) is 9.94. The van der Waals surface area contributed by atoms with Gasteiger partial charge in [0.2, 0.25) is 0 Å². The first-order valence-electron chi connectivity index (χ1n) is 5.81. The quantitative estimate of drug-likeness (QED) is 0.792. The molecule has 0 atom stereocenters. The fraction of sp³-hybridized carbons (Fsp3) is 0.462. The van der Waals surface area contributed by atoms with E-state index in [1.165, 1.54) is 11.3 Å². The van der Waals surface area contributed by atoms with Crippen molar-refractivity contribution in [2.45, 2.75) is 39.7 Å². The Morgan fingerprint density at radius 2 is 1.88 bits per heavy atom. The van der Waals surface area contributed by atoms with Gasteiger partial charge in [-0.25, -0.2) is 4.98 Å². The summed E-state index contributed by atoms with van der Waals surface area (Å²) in [7, 11) is 0. The zero-order chi connectivity index (χ0) is 10.7. The van der Waals surface area contributed by atoms with Crippen LogP contribution in [0, 0.1) is 0 Å². The number of hydrogen-bond acceptors (Lipinski definition) is 1. The van der Waals surface area contributed by atoms with E-state index in [2.05, 4.69) is 47.7 Å². The fourth-order valence-electron chi connectivity index (χ4n) is 2.01. The van der Waals surface area contributed by atoms with Crippen molar-refractivity contribution >= 4 is 23.4 Å². The van der Waals surface area contributed by atoms with E-state index in [9.17, 15) is 0 Å². The predicted octanol–water partition coefficient (Wildman–Crippen LogP) is 3.82. The van der Waals surface area contributed by atoms with E-state index in [0.29, 0.717) is 0 Å². The molecule has 1 aromatic heterocycles. The summed E-state index contributed by atoms with van der Waals surface area (Å²) in [6.45, 7) is 5.50. The summed E-state index contributed by atoms with van der Waals surface area (Å²) in [6, 6.07) is 8.41. The lowest BCUT2D eigenvalue weighted by Gasteiger charge is -2.06. The minimum absolute atomic E-state index is 0. The molecule has 16 heavy (non-hydrogen) atoms. The molecule has 2 rings (SSSR count). The fourth-order valence-corrected chi connectivity index (χ4v) is 2.01. The molecule has 0 N–H and O–H groups in total. The molecule has 2 aromatic rings. The van der Waals surface area contributed by atoms with Gasteiger partial charge in [0, 0.05) is 13.0 Å². The van der Waals surface area contributed by atoms with Crippen LogP contribution in [0.1, 0.15) is 32.5 Å². The molecule has 0 unspecified atom stereocenters. The van der Waals surface area contributed by atoms with Crippen LogP contribution < -0.4 is 0 Å². The molecule has 0 bridgehead atoms. The van der Waals surface area contributed by atoms with Gasteiger partial charge in [-0.1, -0.05) is 26.0 Å². The van der Waals surface area contributed by atoms with E-state index in [0.717, 1.165) is 31.3 Å². The number of nitrogens with zero attached hydrogens (tertiary/aromatic N) is 2. The summed E-state index contributed by atoms with van der Waals surface area (Å²) < 4.78 is 2.36. The van der Waals surface area contributed by atoms with Crippen LogP contribution in [0.3, 0.4) is 0 Å². The summed E-state index contributed by atoms with van der Waals surface area (Å²) in [5.74, 6) is 1.24. The summed E-state index contributed by atoms with van der Waals surface area (Å²) in [5, 5.41) is 0.